The van der Waals surface area contributed by atoms with Gasteiger partial charge in [-0.2, -0.15) is 4.31 Å². The molecule has 0 bridgehead atoms. The fraction of sp³-hybridized carbons (Fsp3) is 0.529. The van der Waals surface area contributed by atoms with E-state index in [0.717, 1.165) is 12.8 Å². The molecule has 1 aliphatic heterocycles. The number of piperazine rings is 1. The number of unbranched alkanes of at least 4 members (excludes halogenated alkanes) is 1. The van der Waals surface area contributed by atoms with Gasteiger partial charge in [-0.25, -0.2) is 13.2 Å². The Morgan fingerprint density at radius 1 is 1.15 bits per heavy atom. The molecule has 0 spiro atoms. The van der Waals surface area contributed by atoms with E-state index in [1.54, 1.807) is 18.2 Å². The monoisotopic (exact) mass is 416 g/mol. The summed E-state index contributed by atoms with van der Waals surface area (Å²) in [5.74, 6) is -0.411. The number of nitrogens with zero attached hydrogens (tertiary/aromatic N) is 2. The number of carbonyl (C=O) groups is 2. The van der Waals surface area contributed by atoms with Crippen molar-refractivity contribution in [2.24, 2.45) is 0 Å². The van der Waals surface area contributed by atoms with Crippen LogP contribution in [-0.4, -0.2) is 68.8 Å². The first-order valence-electron chi connectivity index (χ1n) is 8.89. The topological polar surface area (TPSA) is 98.8 Å². The second-order valence-electron chi connectivity index (χ2n) is 6.27. The zero-order valence-corrected chi connectivity index (χ0v) is 16.9. The molecule has 3 amide bonds. The van der Waals surface area contributed by atoms with Crippen LogP contribution in [0.1, 0.15) is 19.8 Å². The number of imide groups is 1. The molecule has 1 aromatic rings. The van der Waals surface area contributed by atoms with Gasteiger partial charge in [0.15, 0.2) is 0 Å². The summed E-state index contributed by atoms with van der Waals surface area (Å²) in [5, 5.41) is 5.08. The third-order valence-electron chi connectivity index (χ3n) is 4.22. The van der Waals surface area contributed by atoms with Crippen molar-refractivity contribution < 1.29 is 18.0 Å². The molecule has 150 valence electrons. The lowest BCUT2D eigenvalue weighted by atomic mass is 10.3. The Bertz CT molecular complexity index is 764. The molecule has 27 heavy (non-hydrogen) atoms. The van der Waals surface area contributed by atoms with E-state index in [1.165, 1.54) is 10.4 Å². The van der Waals surface area contributed by atoms with Gasteiger partial charge in [0.2, 0.25) is 15.9 Å². The van der Waals surface area contributed by atoms with Gasteiger partial charge in [-0.15, -0.1) is 0 Å². The Kier molecular flexibility index (Phi) is 8.03. The Hall–Kier alpha value is -1.68. The maximum atomic E-state index is 12.7. The van der Waals surface area contributed by atoms with E-state index in [1.807, 2.05) is 11.8 Å². The second-order valence-corrected chi connectivity index (χ2v) is 8.58. The number of amides is 3. The Morgan fingerprint density at radius 2 is 1.81 bits per heavy atom. The van der Waals surface area contributed by atoms with Crippen LogP contribution in [0.4, 0.5) is 4.79 Å². The molecule has 1 fully saturated rings. The minimum atomic E-state index is -3.67. The summed E-state index contributed by atoms with van der Waals surface area (Å²) in [4.78, 5) is 25.4. The van der Waals surface area contributed by atoms with Crippen molar-refractivity contribution >= 4 is 33.6 Å². The van der Waals surface area contributed by atoms with Crippen LogP contribution >= 0.6 is 11.6 Å². The van der Waals surface area contributed by atoms with Crippen molar-refractivity contribution in [3.8, 4) is 0 Å². The lowest BCUT2D eigenvalue weighted by molar-refractivity contribution is -0.121. The number of rotatable bonds is 7. The fourth-order valence-corrected chi connectivity index (χ4v) is 4.63. The second kappa shape index (κ2) is 10.0. The predicted octanol–water partition coefficient (Wildman–Crippen LogP) is 1.27. The molecule has 2 rings (SSSR count). The Labute approximate surface area is 164 Å². The third kappa shape index (κ3) is 6.17. The molecule has 0 saturated carbocycles. The average Bonchev–Trinajstić information content (AvgIpc) is 2.62. The summed E-state index contributed by atoms with van der Waals surface area (Å²) in [6, 6.07) is 5.82. The quantitative estimate of drug-likeness (QED) is 0.652. The zero-order valence-electron chi connectivity index (χ0n) is 15.3. The predicted molar refractivity (Wildman–Crippen MR) is 103 cm³/mol. The fourth-order valence-electron chi connectivity index (χ4n) is 2.71. The van der Waals surface area contributed by atoms with E-state index in [0.29, 0.717) is 19.6 Å². The molecule has 0 atom stereocenters. The van der Waals surface area contributed by atoms with Gasteiger partial charge in [0.1, 0.15) is 4.90 Å². The van der Waals surface area contributed by atoms with Crippen LogP contribution in [0, 0.1) is 0 Å². The highest BCUT2D eigenvalue weighted by molar-refractivity contribution is 7.89. The van der Waals surface area contributed by atoms with E-state index >= 15 is 0 Å². The zero-order chi connectivity index (χ0) is 19.9. The molecular formula is C17H25ClN4O4S. The van der Waals surface area contributed by atoms with Gasteiger partial charge in [0.25, 0.3) is 0 Å². The lowest BCUT2D eigenvalue weighted by Gasteiger charge is -2.33. The van der Waals surface area contributed by atoms with E-state index in [2.05, 4.69) is 10.6 Å². The summed E-state index contributed by atoms with van der Waals surface area (Å²) in [7, 11) is -3.67. The Morgan fingerprint density at radius 3 is 2.44 bits per heavy atom. The number of hydrogen-bond donors (Lipinski definition) is 2. The van der Waals surface area contributed by atoms with Crippen LogP contribution in [0.5, 0.6) is 0 Å². The minimum absolute atomic E-state index is 0.0428. The lowest BCUT2D eigenvalue weighted by Crippen LogP contribution is -2.52. The molecule has 0 unspecified atom stereocenters. The molecule has 1 heterocycles. The highest BCUT2D eigenvalue weighted by Crippen LogP contribution is 2.24. The third-order valence-corrected chi connectivity index (χ3v) is 6.62. The standard InChI is InChI=1S/C17H25ClN4O4S/c1-2-3-8-19-17(24)20-16(23)13-21-9-11-22(12-10-21)27(25,26)15-7-5-4-6-14(15)18/h4-7H,2-3,8-13H2,1H3,(H2,19,20,23,24). The summed E-state index contributed by atoms with van der Waals surface area (Å²) in [6.45, 7) is 3.88. The average molecular weight is 417 g/mol. The highest BCUT2D eigenvalue weighted by Gasteiger charge is 2.30. The van der Waals surface area contributed by atoms with Gasteiger partial charge >= 0.3 is 6.03 Å². The van der Waals surface area contributed by atoms with E-state index in [9.17, 15) is 18.0 Å². The molecule has 1 aromatic carbocycles. The summed E-state index contributed by atoms with van der Waals surface area (Å²) in [5.41, 5.74) is 0. The molecule has 0 radical (unpaired) electrons. The van der Waals surface area contributed by atoms with Crippen LogP contribution in [0.25, 0.3) is 0 Å². The van der Waals surface area contributed by atoms with Crippen LogP contribution in [0.2, 0.25) is 5.02 Å². The van der Waals surface area contributed by atoms with E-state index in [-0.39, 0.29) is 29.6 Å². The van der Waals surface area contributed by atoms with Crippen LogP contribution in [0.3, 0.4) is 0 Å². The van der Waals surface area contributed by atoms with Gasteiger partial charge in [0, 0.05) is 32.7 Å². The molecular weight excluding hydrogens is 392 g/mol. The Balaban J connectivity index is 1.82. The summed E-state index contributed by atoms with van der Waals surface area (Å²) >= 11 is 6.01. The summed E-state index contributed by atoms with van der Waals surface area (Å²) in [6.07, 6.45) is 1.80. The van der Waals surface area contributed by atoms with E-state index < -0.39 is 22.0 Å². The van der Waals surface area contributed by atoms with Crippen molar-refractivity contribution in [1.82, 2.24) is 19.8 Å². The number of carbonyl (C=O) groups excluding carboxylic acids is 2. The first kappa shape index (κ1) is 21.6. The maximum Gasteiger partial charge on any atom is 0.321 e. The smallest absolute Gasteiger partial charge is 0.321 e. The van der Waals surface area contributed by atoms with Crippen LogP contribution in [0.15, 0.2) is 29.2 Å². The first-order valence-corrected chi connectivity index (χ1v) is 10.7. The van der Waals surface area contributed by atoms with Crippen molar-refractivity contribution in [2.75, 3.05) is 39.3 Å². The number of nitrogens with one attached hydrogen (secondary N) is 2. The van der Waals surface area contributed by atoms with Gasteiger partial charge in [-0.1, -0.05) is 37.1 Å². The normalized spacial score (nSPS) is 16.1. The molecule has 8 nitrogen and oxygen atoms in total. The number of sulfonamides is 1. The van der Waals surface area contributed by atoms with Crippen molar-refractivity contribution in [1.29, 1.82) is 0 Å². The molecule has 0 aromatic heterocycles. The highest BCUT2D eigenvalue weighted by atomic mass is 35.5. The van der Waals surface area contributed by atoms with Gasteiger partial charge in [-0.3, -0.25) is 15.0 Å². The number of halogens is 1. The van der Waals surface area contributed by atoms with Crippen LogP contribution < -0.4 is 10.6 Å². The molecule has 1 saturated heterocycles. The maximum absolute atomic E-state index is 12.7. The van der Waals surface area contributed by atoms with E-state index in [4.69, 9.17) is 11.6 Å². The number of urea groups is 1. The van der Waals surface area contributed by atoms with Gasteiger partial charge < -0.3 is 5.32 Å². The SMILES string of the molecule is CCCCNC(=O)NC(=O)CN1CCN(S(=O)(=O)c2ccccc2Cl)CC1. The van der Waals surface area contributed by atoms with Crippen molar-refractivity contribution in [3.05, 3.63) is 29.3 Å². The number of benzene rings is 1. The molecule has 1 aliphatic rings. The molecule has 2 N–H and O–H groups in total. The largest absolute Gasteiger partial charge is 0.338 e. The van der Waals surface area contributed by atoms with Crippen molar-refractivity contribution in [2.45, 2.75) is 24.7 Å². The molecule has 0 aliphatic carbocycles. The van der Waals surface area contributed by atoms with Gasteiger partial charge in [-0.05, 0) is 18.6 Å². The van der Waals surface area contributed by atoms with Gasteiger partial charge in [0.05, 0.1) is 11.6 Å². The minimum Gasteiger partial charge on any atom is -0.338 e. The summed E-state index contributed by atoms with van der Waals surface area (Å²) < 4.78 is 26.8. The van der Waals surface area contributed by atoms with Crippen molar-refractivity contribution in [3.63, 3.8) is 0 Å². The van der Waals surface area contributed by atoms with Crippen LogP contribution in [-0.2, 0) is 14.8 Å². The number of hydrogen-bond acceptors (Lipinski definition) is 5. The molecule has 10 heteroatoms. The first-order chi connectivity index (χ1) is 12.8.